The first-order valence-corrected chi connectivity index (χ1v) is 7.45. The maximum absolute atomic E-state index is 8.80. The minimum absolute atomic E-state index is 0.860. The summed E-state index contributed by atoms with van der Waals surface area (Å²) in [5.74, 6) is 2.33. The van der Waals surface area contributed by atoms with Crippen molar-refractivity contribution < 1.29 is 5.21 Å². The summed E-state index contributed by atoms with van der Waals surface area (Å²) in [6.07, 6.45) is 26.0. The summed E-state index contributed by atoms with van der Waals surface area (Å²) in [6, 6.07) is 6.08. The van der Waals surface area contributed by atoms with E-state index in [9.17, 15) is 0 Å². The summed E-state index contributed by atoms with van der Waals surface area (Å²) in [6.45, 7) is 0. The van der Waals surface area contributed by atoms with Crippen LogP contribution >= 0.6 is 0 Å². The summed E-state index contributed by atoms with van der Waals surface area (Å²) in [5, 5.41) is 11.9. The molecule has 0 atom stereocenters. The zero-order chi connectivity index (χ0) is 15.9. The Kier molecular flexibility index (Phi) is 5.68. The van der Waals surface area contributed by atoms with Crippen molar-refractivity contribution in [1.29, 1.82) is 0 Å². The Morgan fingerprint density at radius 2 is 1.04 bits per heavy atom. The number of hydrogen-bond donors (Lipinski definition) is 1. The number of hydrogen-bond acceptors (Lipinski definition) is 2. The molecule has 2 heteroatoms. The molecule has 0 bridgehead atoms. The van der Waals surface area contributed by atoms with Crippen molar-refractivity contribution in [2.45, 2.75) is 0 Å². The summed E-state index contributed by atoms with van der Waals surface area (Å²) in [7, 11) is 0. The van der Waals surface area contributed by atoms with Crippen molar-refractivity contribution >= 4 is 18.4 Å². The Hall–Kier alpha value is -1.83. The van der Waals surface area contributed by atoms with E-state index in [4.69, 9.17) is 5.21 Å². The molecule has 0 spiro atoms. The van der Waals surface area contributed by atoms with Gasteiger partial charge in [-0.3, -0.25) is 0 Å². The average molecular weight is 299 g/mol. The van der Waals surface area contributed by atoms with Gasteiger partial charge in [-0.2, -0.15) is 0 Å². The SMILES string of the molecule is O/N=C/c1cc(/C=C/[C]2[CH][CH][CH][CH]2)cc(/C=C/[C]2[CH][CH][CH][CH]2)c1. The van der Waals surface area contributed by atoms with Crippen LogP contribution in [0.2, 0.25) is 0 Å². The maximum atomic E-state index is 8.80. The molecule has 10 radical (unpaired) electrons. The van der Waals surface area contributed by atoms with Crippen LogP contribution in [0.5, 0.6) is 0 Å². The van der Waals surface area contributed by atoms with Crippen molar-refractivity contribution in [1.82, 2.24) is 0 Å². The van der Waals surface area contributed by atoms with Gasteiger partial charge in [-0.05, 0) is 86.3 Å². The second-order valence-corrected chi connectivity index (χ2v) is 5.28. The largest absolute Gasteiger partial charge is 0.411 e. The molecular weight excluding hydrogens is 282 g/mol. The van der Waals surface area contributed by atoms with Gasteiger partial charge in [-0.1, -0.05) is 29.5 Å². The van der Waals surface area contributed by atoms with Gasteiger partial charge >= 0.3 is 0 Å². The quantitative estimate of drug-likeness (QED) is 0.490. The van der Waals surface area contributed by atoms with Crippen LogP contribution < -0.4 is 0 Å². The minimum Gasteiger partial charge on any atom is -0.411 e. The fourth-order valence-electron chi connectivity index (χ4n) is 2.42. The Labute approximate surface area is 139 Å². The molecule has 2 aliphatic carbocycles. The molecule has 0 heterocycles. The predicted octanol–water partition coefficient (Wildman–Crippen LogP) is 4.33. The van der Waals surface area contributed by atoms with Crippen molar-refractivity contribution in [3.05, 3.63) is 110 Å². The lowest BCUT2D eigenvalue weighted by atomic mass is 10.0. The fraction of sp³-hybridized carbons (Fsp3) is 0. The fourth-order valence-corrected chi connectivity index (χ4v) is 2.42. The van der Waals surface area contributed by atoms with Gasteiger partial charge in [0.2, 0.25) is 0 Å². The van der Waals surface area contributed by atoms with Gasteiger partial charge in [-0.15, -0.1) is 0 Å². The molecule has 3 rings (SSSR count). The van der Waals surface area contributed by atoms with E-state index in [2.05, 4.69) is 61.2 Å². The van der Waals surface area contributed by atoms with Crippen molar-refractivity contribution in [3.8, 4) is 0 Å². The Bertz CT molecular complexity index is 544. The van der Waals surface area contributed by atoms with E-state index in [1.165, 1.54) is 18.1 Å². The van der Waals surface area contributed by atoms with E-state index in [0.29, 0.717) is 0 Å². The van der Waals surface area contributed by atoms with Gasteiger partial charge in [-0.25, -0.2) is 0 Å². The van der Waals surface area contributed by atoms with Gasteiger partial charge in [0.1, 0.15) is 0 Å². The molecule has 112 valence electrons. The number of benzene rings is 1. The number of allylic oxidation sites excluding steroid dienone is 2. The van der Waals surface area contributed by atoms with Crippen LogP contribution in [0.15, 0.2) is 35.5 Å². The third kappa shape index (κ3) is 4.82. The molecule has 1 N–H and O–H groups in total. The molecule has 0 aromatic heterocycles. The summed E-state index contributed by atoms with van der Waals surface area (Å²) < 4.78 is 0. The van der Waals surface area contributed by atoms with Gasteiger partial charge < -0.3 is 5.21 Å². The van der Waals surface area contributed by atoms with Gasteiger partial charge in [0.05, 0.1) is 6.21 Å². The normalized spacial score (nSPS) is 20.7. The van der Waals surface area contributed by atoms with E-state index >= 15 is 0 Å². The Morgan fingerprint density at radius 3 is 1.48 bits per heavy atom. The second-order valence-electron chi connectivity index (χ2n) is 5.28. The van der Waals surface area contributed by atoms with Gasteiger partial charge in [0.25, 0.3) is 0 Å². The molecule has 2 aliphatic rings. The zero-order valence-corrected chi connectivity index (χ0v) is 12.6. The molecule has 0 amide bonds. The average Bonchev–Trinajstić information content (AvgIpc) is 3.25. The first-order chi connectivity index (χ1) is 11.3. The van der Waals surface area contributed by atoms with Gasteiger partial charge in [0.15, 0.2) is 0 Å². The van der Waals surface area contributed by atoms with Crippen LogP contribution in [0.1, 0.15) is 16.7 Å². The lowest BCUT2D eigenvalue weighted by molar-refractivity contribution is 0.322. The third-order valence-electron chi connectivity index (χ3n) is 3.52. The van der Waals surface area contributed by atoms with Crippen molar-refractivity contribution in [2.75, 3.05) is 0 Å². The highest BCUT2D eigenvalue weighted by Gasteiger charge is 2.14. The Balaban J connectivity index is 1.77. The van der Waals surface area contributed by atoms with Crippen LogP contribution in [-0.4, -0.2) is 11.4 Å². The molecule has 1 aromatic carbocycles. The minimum atomic E-state index is 0.860. The molecule has 0 aliphatic heterocycles. The summed E-state index contributed by atoms with van der Waals surface area (Å²) in [5.41, 5.74) is 2.98. The third-order valence-corrected chi connectivity index (χ3v) is 3.52. The van der Waals surface area contributed by atoms with E-state index in [0.717, 1.165) is 16.7 Å². The highest BCUT2D eigenvalue weighted by Crippen LogP contribution is 2.26. The van der Waals surface area contributed by atoms with Crippen LogP contribution in [0.25, 0.3) is 12.2 Å². The number of rotatable bonds is 5. The van der Waals surface area contributed by atoms with E-state index in [-0.39, 0.29) is 0 Å². The van der Waals surface area contributed by atoms with Gasteiger partial charge in [0, 0.05) is 11.8 Å². The zero-order valence-electron chi connectivity index (χ0n) is 12.6. The highest BCUT2D eigenvalue weighted by molar-refractivity contribution is 5.82. The molecule has 0 saturated heterocycles. The van der Waals surface area contributed by atoms with Crippen molar-refractivity contribution in [3.63, 3.8) is 0 Å². The molecule has 23 heavy (non-hydrogen) atoms. The topological polar surface area (TPSA) is 32.6 Å². The summed E-state index contributed by atoms with van der Waals surface area (Å²) in [4.78, 5) is 0. The van der Waals surface area contributed by atoms with Crippen LogP contribution in [0, 0.1) is 63.2 Å². The second kappa shape index (κ2) is 8.14. The Morgan fingerprint density at radius 1 is 0.609 bits per heavy atom. The van der Waals surface area contributed by atoms with Crippen LogP contribution in [-0.2, 0) is 0 Å². The van der Waals surface area contributed by atoms with Crippen LogP contribution in [0.4, 0.5) is 0 Å². The lowest BCUT2D eigenvalue weighted by Gasteiger charge is -2.04. The number of oxime groups is 1. The van der Waals surface area contributed by atoms with E-state index in [1.54, 1.807) is 0 Å². The molecule has 1 aromatic rings. The molecule has 2 fully saturated rings. The lowest BCUT2D eigenvalue weighted by Crippen LogP contribution is -1.89. The molecule has 2 nitrogen and oxygen atoms in total. The monoisotopic (exact) mass is 299 g/mol. The molecule has 2 saturated carbocycles. The van der Waals surface area contributed by atoms with E-state index in [1.807, 2.05) is 37.8 Å². The maximum Gasteiger partial charge on any atom is 0.0734 e. The first kappa shape index (κ1) is 16.0. The predicted molar refractivity (Wildman–Crippen MR) is 94.8 cm³/mol. The molecular formula is C21H17NO. The number of nitrogens with zero attached hydrogens (tertiary/aromatic N) is 1. The smallest absolute Gasteiger partial charge is 0.0734 e. The molecule has 0 unspecified atom stereocenters. The highest BCUT2D eigenvalue weighted by atomic mass is 16.4. The summed E-state index contributed by atoms with van der Waals surface area (Å²) >= 11 is 0. The van der Waals surface area contributed by atoms with Crippen LogP contribution in [0.3, 0.4) is 0 Å². The van der Waals surface area contributed by atoms with Crippen molar-refractivity contribution in [2.24, 2.45) is 5.16 Å². The first-order valence-electron chi connectivity index (χ1n) is 7.45. The standard InChI is InChI=1S/C21H17NO/c23-22-16-21-14-19(11-9-17-5-1-2-6-17)13-20(15-21)12-10-18-7-3-4-8-18/h1-16,23H/b11-9+,12-10+,22-16+. The van der Waals surface area contributed by atoms with E-state index < -0.39 is 0 Å².